The molecule has 96 valence electrons. The van der Waals surface area contributed by atoms with Crippen LogP contribution in [0.5, 0.6) is 0 Å². The molecule has 1 aromatic carbocycles. The van der Waals surface area contributed by atoms with Crippen molar-refractivity contribution in [1.82, 2.24) is 4.98 Å². The van der Waals surface area contributed by atoms with Crippen LogP contribution in [0.1, 0.15) is 23.1 Å². The van der Waals surface area contributed by atoms with Crippen molar-refractivity contribution in [3.8, 4) is 0 Å². The Morgan fingerprint density at radius 1 is 1.21 bits per heavy atom. The van der Waals surface area contributed by atoms with E-state index in [9.17, 15) is 5.11 Å². The molecule has 3 nitrogen and oxygen atoms in total. The largest absolute Gasteiger partial charge is 0.458 e. The second kappa shape index (κ2) is 4.68. The number of pyridine rings is 1. The highest BCUT2D eigenvalue weighted by molar-refractivity contribution is 6.31. The molecule has 2 aromatic heterocycles. The lowest BCUT2D eigenvalue weighted by molar-refractivity contribution is 0.187. The van der Waals surface area contributed by atoms with E-state index in [0.717, 1.165) is 10.9 Å². The van der Waals surface area contributed by atoms with Crippen LogP contribution >= 0.6 is 11.6 Å². The maximum absolute atomic E-state index is 10.3. The van der Waals surface area contributed by atoms with E-state index in [1.807, 2.05) is 19.1 Å². The van der Waals surface area contributed by atoms with Crippen LogP contribution in [0.3, 0.4) is 0 Å². The van der Waals surface area contributed by atoms with Gasteiger partial charge in [-0.2, -0.15) is 0 Å². The number of hydrogen-bond acceptors (Lipinski definition) is 3. The van der Waals surface area contributed by atoms with Crippen LogP contribution in [-0.2, 0) is 0 Å². The molecule has 1 unspecified atom stereocenters. The molecule has 0 spiro atoms. The first-order valence-electron chi connectivity index (χ1n) is 5.93. The fourth-order valence-electron chi connectivity index (χ4n) is 2.02. The summed E-state index contributed by atoms with van der Waals surface area (Å²) in [7, 11) is 0. The van der Waals surface area contributed by atoms with Crippen molar-refractivity contribution in [3.05, 3.63) is 64.6 Å². The molecule has 0 aliphatic rings. The molecule has 1 atom stereocenters. The molecule has 1 N–H and O–H groups in total. The summed E-state index contributed by atoms with van der Waals surface area (Å²) in [6.07, 6.45) is 0.805. The molecule has 0 fully saturated rings. The van der Waals surface area contributed by atoms with Gasteiger partial charge in [-0.25, -0.2) is 0 Å². The van der Waals surface area contributed by atoms with E-state index in [0.29, 0.717) is 22.1 Å². The van der Waals surface area contributed by atoms with Crippen LogP contribution in [0, 0.1) is 6.92 Å². The minimum atomic E-state index is -0.869. The third kappa shape index (κ3) is 2.35. The second-order valence-electron chi connectivity index (χ2n) is 4.49. The molecule has 2 heterocycles. The second-order valence-corrected chi connectivity index (χ2v) is 4.93. The van der Waals surface area contributed by atoms with Crippen LogP contribution in [-0.4, -0.2) is 10.1 Å². The van der Waals surface area contributed by atoms with Gasteiger partial charge in [0, 0.05) is 16.6 Å². The number of hydrogen-bond donors (Lipinski definition) is 1. The van der Waals surface area contributed by atoms with Crippen molar-refractivity contribution in [3.63, 3.8) is 0 Å². The summed E-state index contributed by atoms with van der Waals surface area (Å²) in [4.78, 5) is 4.17. The number of aliphatic hydroxyl groups excluding tert-OH is 1. The molecular formula is C15H12ClNO2. The van der Waals surface area contributed by atoms with Gasteiger partial charge in [-0.15, -0.1) is 0 Å². The van der Waals surface area contributed by atoms with Gasteiger partial charge in [-0.3, -0.25) is 4.98 Å². The molecule has 0 radical (unpaired) electrons. The zero-order valence-corrected chi connectivity index (χ0v) is 11.1. The first kappa shape index (κ1) is 12.2. The Morgan fingerprint density at radius 3 is 2.84 bits per heavy atom. The summed E-state index contributed by atoms with van der Waals surface area (Å²) >= 11 is 5.93. The Hall–Kier alpha value is -1.84. The van der Waals surface area contributed by atoms with Crippen LogP contribution in [0.2, 0.25) is 5.02 Å². The van der Waals surface area contributed by atoms with Gasteiger partial charge in [0.05, 0.1) is 5.69 Å². The number of fused-ring (bicyclic) bond motifs is 1. The molecule has 0 amide bonds. The first-order valence-corrected chi connectivity index (χ1v) is 6.31. The van der Waals surface area contributed by atoms with E-state index >= 15 is 0 Å². The molecule has 3 rings (SSSR count). The van der Waals surface area contributed by atoms with Crippen molar-refractivity contribution in [2.24, 2.45) is 0 Å². The summed E-state index contributed by atoms with van der Waals surface area (Å²) in [5, 5.41) is 11.8. The van der Waals surface area contributed by atoms with Crippen LogP contribution < -0.4 is 0 Å². The van der Waals surface area contributed by atoms with Crippen LogP contribution in [0.4, 0.5) is 0 Å². The van der Waals surface area contributed by atoms with Gasteiger partial charge in [0.25, 0.3) is 0 Å². The van der Waals surface area contributed by atoms with E-state index in [2.05, 4.69) is 4.98 Å². The van der Waals surface area contributed by atoms with E-state index in [1.165, 1.54) is 0 Å². The molecule has 19 heavy (non-hydrogen) atoms. The molecule has 4 heteroatoms. The van der Waals surface area contributed by atoms with Gasteiger partial charge >= 0.3 is 0 Å². The van der Waals surface area contributed by atoms with Gasteiger partial charge in [-0.05, 0) is 48.9 Å². The molecule has 0 saturated heterocycles. The van der Waals surface area contributed by atoms with Gasteiger partial charge in [0.15, 0.2) is 6.10 Å². The fourth-order valence-corrected chi connectivity index (χ4v) is 2.20. The van der Waals surface area contributed by atoms with Crippen molar-refractivity contribution in [2.45, 2.75) is 13.0 Å². The van der Waals surface area contributed by atoms with E-state index in [1.54, 1.807) is 30.5 Å². The van der Waals surface area contributed by atoms with Crippen molar-refractivity contribution in [2.75, 3.05) is 0 Å². The maximum Gasteiger partial charge on any atom is 0.153 e. The molecule has 0 aliphatic carbocycles. The van der Waals surface area contributed by atoms with E-state index < -0.39 is 6.10 Å². The minimum absolute atomic E-state index is 0.468. The SMILES string of the molecule is Cc1ccnc(C(O)c2cc3cc(Cl)ccc3o2)c1. The van der Waals surface area contributed by atoms with E-state index in [4.69, 9.17) is 16.0 Å². The van der Waals surface area contributed by atoms with E-state index in [-0.39, 0.29) is 0 Å². The number of aliphatic hydroxyl groups is 1. The average molecular weight is 274 g/mol. The summed E-state index contributed by atoms with van der Waals surface area (Å²) in [5.41, 5.74) is 2.32. The lowest BCUT2D eigenvalue weighted by Crippen LogP contribution is -2.00. The Balaban J connectivity index is 2.04. The smallest absolute Gasteiger partial charge is 0.153 e. The Labute approximate surface area is 115 Å². The first-order chi connectivity index (χ1) is 9.13. The predicted octanol–water partition coefficient (Wildman–Crippen LogP) is 3.87. The number of aryl methyl sites for hydroxylation is 1. The van der Waals surface area contributed by atoms with Gasteiger partial charge in [-0.1, -0.05) is 11.6 Å². The fraction of sp³-hybridized carbons (Fsp3) is 0.133. The summed E-state index contributed by atoms with van der Waals surface area (Å²) in [6.45, 7) is 1.95. The van der Waals surface area contributed by atoms with Gasteiger partial charge in [0.1, 0.15) is 11.3 Å². The number of nitrogens with zero attached hydrogens (tertiary/aromatic N) is 1. The predicted molar refractivity (Wildman–Crippen MR) is 74.3 cm³/mol. The Morgan fingerprint density at radius 2 is 2.05 bits per heavy atom. The zero-order chi connectivity index (χ0) is 13.4. The molecule has 3 aromatic rings. The number of furan rings is 1. The number of benzene rings is 1. The normalized spacial score (nSPS) is 12.8. The third-order valence-corrected chi connectivity index (χ3v) is 3.22. The number of halogens is 1. The highest BCUT2D eigenvalue weighted by Gasteiger charge is 2.17. The van der Waals surface area contributed by atoms with Crippen molar-refractivity contribution in [1.29, 1.82) is 0 Å². The lowest BCUT2D eigenvalue weighted by Gasteiger charge is -2.07. The summed E-state index contributed by atoms with van der Waals surface area (Å²) in [5.74, 6) is 0.468. The topological polar surface area (TPSA) is 46.3 Å². The minimum Gasteiger partial charge on any atom is -0.458 e. The Kier molecular flexibility index (Phi) is 3.01. The van der Waals surface area contributed by atoms with Crippen molar-refractivity contribution < 1.29 is 9.52 Å². The van der Waals surface area contributed by atoms with Crippen LogP contribution in [0.15, 0.2) is 47.0 Å². The highest BCUT2D eigenvalue weighted by Crippen LogP contribution is 2.29. The monoisotopic (exact) mass is 273 g/mol. The molecule has 0 bridgehead atoms. The Bertz CT molecular complexity index is 736. The summed E-state index contributed by atoms with van der Waals surface area (Å²) in [6, 6.07) is 10.9. The molecular weight excluding hydrogens is 262 g/mol. The number of aromatic nitrogens is 1. The zero-order valence-electron chi connectivity index (χ0n) is 10.3. The van der Waals surface area contributed by atoms with Gasteiger partial charge in [0.2, 0.25) is 0 Å². The highest BCUT2D eigenvalue weighted by atomic mass is 35.5. The average Bonchev–Trinajstić information content (AvgIpc) is 2.80. The third-order valence-electron chi connectivity index (χ3n) is 2.98. The molecule has 0 aliphatic heterocycles. The lowest BCUT2D eigenvalue weighted by atomic mass is 10.1. The maximum atomic E-state index is 10.3. The quantitative estimate of drug-likeness (QED) is 0.771. The molecule has 0 saturated carbocycles. The standard InChI is InChI=1S/C15H12ClNO2/c1-9-4-5-17-12(6-9)15(18)14-8-10-7-11(16)2-3-13(10)19-14/h2-8,15,18H,1H3. The van der Waals surface area contributed by atoms with Gasteiger partial charge < -0.3 is 9.52 Å². The van der Waals surface area contributed by atoms with Crippen molar-refractivity contribution >= 4 is 22.6 Å². The number of rotatable bonds is 2. The van der Waals surface area contributed by atoms with Crippen LogP contribution in [0.25, 0.3) is 11.0 Å². The summed E-state index contributed by atoms with van der Waals surface area (Å²) < 4.78 is 5.63.